The first-order valence-electron chi connectivity index (χ1n) is 11.4. The molecule has 0 radical (unpaired) electrons. The quantitative estimate of drug-likeness (QED) is 0.411. The van der Waals surface area contributed by atoms with Crippen molar-refractivity contribution in [2.75, 3.05) is 13.4 Å². The molecule has 0 spiro atoms. The van der Waals surface area contributed by atoms with E-state index in [0.29, 0.717) is 41.0 Å². The van der Waals surface area contributed by atoms with Crippen molar-refractivity contribution in [1.82, 2.24) is 24.1 Å². The molecule has 7 rings (SSSR count). The first kappa shape index (κ1) is 19.5. The zero-order chi connectivity index (χ0) is 22.6. The lowest BCUT2D eigenvalue weighted by Gasteiger charge is -2.11. The average Bonchev–Trinajstić information content (AvgIpc) is 3.60. The highest BCUT2D eigenvalue weighted by Gasteiger charge is 2.23. The maximum atomic E-state index is 13.6. The zero-order valence-corrected chi connectivity index (χ0v) is 18.3. The van der Waals surface area contributed by atoms with E-state index in [0.717, 1.165) is 41.8 Å². The van der Waals surface area contributed by atoms with Crippen LogP contribution in [0.15, 0.2) is 53.6 Å². The molecule has 0 bridgehead atoms. The van der Waals surface area contributed by atoms with E-state index < -0.39 is 0 Å². The van der Waals surface area contributed by atoms with Gasteiger partial charge in [0.1, 0.15) is 10.9 Å². The third-order valence-corrected chi connectivity index (χ3v) is 6.52. The van der Waals surface area contributed by atoms with Gasteiger partial charge in [-0.15, -0.1) is 0 Å². The molecule has 2 aromatic carbocycles. The van der Waals surface area contributed by atoms with Gasteiger partial charge in [0, 0.05) is 6.61 Å². The number of nitrogens with zero attached hydrogens (tertiary/aromatic N) is 5. The third kappa shape index (κ3) is 3.04. The van der Waals surface area contributed by atoms with Gasteiger partial charge in [-0.05, 0) is 42.7 Å². The van der Waals surface area contributed by atoms with Gasteiger partial charge in [-0.1, -0.05) is 18.2 Å². The lowest BCUT2D eigenvalue weighted by Crippen LogP contribution is -2.26. The van der Waals surface area contributed by atoms with Crippen molar-refractivity contribution >= 4 is 33.2 Å². The van der Waals surface area contributed by atoms with Crippen molar-refractivity contribution in [2.45, 2.75) is 32.0 Å². The van der Waals surface area contributed by atoms with Gasteiger partial charge in [0.2, 0.25) is 6.79 Å². The van der Waals surface area contributed by atoms with Crippen molar-refractivity contribution in [1.29, 1.82) is 0 Å². The number of fused-ring (bicyclic) bond motifs is 5. The molecular formula is C25H21N5O4. The Kier molecular flexibility index (Phi) is 4.31. The van der Waals surface area contributed by atoms with Crippen LogP contribution >= 0.6 is 0 Å². The number of rotatable bonds is 4. The highest BCUT2D eigenvalue weighted by molar-refractivity contribution is 6.04. The van der Waals surface area contributed by atoms with E-state index in [4.69, 9.17) is 29.2 Å². The van der Waals surface area contributed by atoms with Crippen molar-refractivity contribution in [2.24, 2.45) is 0 Å². The summed E-state index contributed by atoms with van der Waals surface area (Å²) in [5.41, 5.74) is 4.13. The van der Waals surface area contributed by atoms with Crippen LogP contribution in [0, 0.1) is 0 Å². The number of hydrogen-bond acceptors (Lipinski definition) is 7. The highest BCUT2D eigenvalue weighted by Crippen LogP contribution is 2.33. The number of para-hydroxylation sites is 2. The second kappa shape index (κ2) is 7.53. The van der Waals surface area contributed by atoms with Crippen LogP contribution in [0.3, 0.4) is 0 Å². The molecule has 2 aliphatic rings. The van der Waals surface area contributed by atoms with Gasteiger partial charge in [0.15, 0.2) is 22.8 Å². The maximum absolute atomic E-state index is 13.6. The fraction of sp³-hybridized carbons (Fsp3) is 0.280. The largest absolute Gasteiger partial charge is 0.454 e. The smallest absolute Gasteiger partial charge is 0.265 e. The van der Waals surface area contributed by atoms with Gasteiger partial charge in [-0.3, -0.25) is 9.36 Å². The summed E-state index contributed by atoms with van der Waals surface area (Å²) in [7, 11) is 0. The number of hydrogen-bond donors (Lipinski definition) is 0. The van der Waals surface area contributed by atoms with E-state index in [1.807, 2.05) is 47.0 Å². The Bertz CT molecular complexity index is 1630. The molecule has 9 nitrogen and oxygen atoms in total. The molecule has 1 atom stereocenters. The van der Waals surface area contributed by atoms with Gasteiger partial charge in [0.05, 0.1) is 36.6 Å². The van der Waals surface area contributed by atoms with Gasteiger partial charge < -0.3 is 18.8 Å². The summed E-state index contributed by atoms with van der Waals surface area (Å²) in [4.78, 5) is 28.1. The average molecular weight is 455 g/mol. The Morgan fingerprint density at radius 2 is 1.85 bits per heavy atom. The topological polar surface area (TPSA) is 93.3 Å². The van der Waals surface area contributed by atoms with Crippen LogP contribution in [0.4, 0.5) is 0 Å². The Labute approximate surface area is 193 Å². The fourth-order valence-corrected chi connectivity index (χ4v) is 4.85. The standard InChI is InChI=1S/C25H21N5O4/c31-25-21-22-24(28-18-6-2-1-5-17(18)27-22)30(11-15-7-8-19-20(10-15)34-14-33-19)23(21)26-13-29(25)12-16-4-3-9-32-16/h1-2,5-8,10,13,16H,3-4,9,11-12,14H2. The Morgan fingerprint density at radius 3 is 2.71 bits per heavy atom. The molecule has 0 N–H and O–H groups in total. The first-order chi connectivity index (χ1) is 16.7. The molecule has 2 aliphatic heterocycles. The van der Waals surface area contributed by atoms with Gasteiger partial charge in [0.25, 0.3) is 5.56 Å². The Hall–Kier alpha value is -3.98. The third-order valence-electron chi connectivity index (χ3n) is 6.52. The van der Waals surface area contributed by atoms with Crippen LogP contribution in [0.1, 0.15) is 18.4 Å². The predicted octanol–water partition coefficient (Wildman–Crippen LogP) is 3.25. The molecule has 0 saturated carbocycles. The van der Waals surface area contributed by atoms with Gasteiger partial charge >= 0.3 is 0 Å². The summed E-state index contributed by atoms with van der Waals surface area (Å²) in [5.74, 6) is 1.44. The van der Waals surface area contributed by atoms with Crippen LogP contribution in [0.25, 0.3) is 33.2 Å². The number of aromatic nitrogens is 5. The SMILES string of the molecule is O=c1c2c3nc4ccccc4nc3n(Cc3ccc4c(c3)OCO4)c2ncn1CC1CCCO1. The molecule has 5 heterocycles. The van der Waals surface area contributed by atoms with E-state index in [-0.39, 0.29) is 18.5 Å². The second-order valence-corrected chi connectivity index (χ2v) is 8.69. The van der Waals surface area contributed by atoms with E-state index in [2.05, 4.69) is 0 Å². The molecule has 1 saturated heterocycles. The molecule has 1 unspecified atom stereocenters. The first-order valence-corrected chi connectivity index (χ1v) is 11.4. The van der Waals surface area contributed by atoms with Crippen LogP contribution in [-0.4, -0.2) is 43.6 Å². The van der Waals surface area contributed by atoms with E-state index in [1.165, 1.54) is 0 Å². The molecule has 170 valence electrons. The van der Waals surface area contributed by atoms with Crippen LogP contribution in [-0.2, 0) is 17.8 Å². The minimum absolute atomic E-state index is 0.0332. The van der Waals surface area contributed by atoms with Crippen molar-refractivity contribution in [3.63, 3.8) is 0 Å². The summed E-state index contributed by atoms with van der Waals surface area (Å²) >= 11 is 0. The van der Waals surface area contributed by atoms with Gasteiger partial charge in [-0.2, -0.15) is 0 Å². The van der Waals surface area contributed by atoms with Crippen molar-refractivity contribution in [3.8, 4) is 11.5 Å². The molecule has 3 aromatic heterocycles. The monoisotopic (exact) mass is 455 g/mol. The van der Waals surface area contributed by atoms with Crippen LogP contribution in [0.5, 0.6) is 11.5 Å². The number of ether oxygens (including phenoxy) is 3. The molecule has 0 amide bonds. The summed E-state index contributed by atoms with van der Waals surface area (Å²) in [6.45, 7) is 1.91. The van der Waals surface area contributed by atoms with Crippen molar-refractivity contribution in [3.05, 3.63) is 64.7 Å². The van der Waals surface area contributed by atoms with E-state index in [1.54, 1.807) is 10.9 Å². The Morgan fingerprint density at radius 1 is 1.00 bits per heavy atom. The lowest BCUT2D eigenvalue weighted by atomic mass is 10.2. The summed E-state index contributed by atoms with van der Waals surface area (Å²) in [5, 5.41) is 0.481. The Balaban J connectivity index is 1.44. The lowest BCUT2D eigenvalue weighted by molar-refractivity contribution is 0.0960. The molecular weight excluding hydrogens is 434 g/mol. The normalized spacial score (nSPS) is 17.4. The van der Waals surface area contributed by atoms with Crippen LogP contribution < -0.4 is 15.0 Å². The van der Waals surface area contributed by atoms with Gasteiger partial charge in [-0.25, -0.2) is 15.0 Å². The molecule has 5 aromatic rings. The predicted molar refractivity (Wildman–Crippen MR) is 125 cm³/mol. The van der Waals surface area contributed by atoms with Crippen LogP contribution in [0.2, 0.25) is 0 Å². The van der Waals surface area contributed by atoms with Crippen molar-refractivity contribution < 1.29 is 14.2 Å². The molecule has 34 heavy (non-hydrogen) atoms. The molecule has 1 fully saturated rings. The van der Waals surface area contributed by atoms with E-state index >= 15 is 0 Å². The fourth-order valence-electron chi connectivity index (χ4n) is 4.85. The second-order valence-electron chi connectivity index (χ2n) is 8.69. The molecule has 0 aliphatic carbocycles. The van der Waals surface area contributed by atoms with E-state index in [9.17, 15) is 4.79 Å². The zero-order valence-electron chi connectivity index (χ0n) is 18.3. The maximum Gasteiger partial charge on any atom is 0.265 e. The summed E-state index contributed by atoms with van der Waals surface area (Å²) < 4.78 is 20.3. The summed E-state index contributed by atoms with van der Waals surface area (Å²) in [6, 6.07) is 13.5. The molecule has 9 heteroatoms. The minimum Gasteiger partial charge on any atom is -0.454 e. The summed E-state index contributed by atoms with van der Waals surface area (Å²) in [6.07, 6.45) is 3.61. The number of benzene rings is 2. The minimum atomic E-state index is -0.125. The highest BCUT2D eigenvalue weighted by atomic mass is 16.7.